The first-order valence-corrected chi connectivity index (χ1v) is 16.9. The van der Waals surface area contributed by atoms with Crippen LogP contribution in [0.4, 0.5) is 23.0 Å². The molecule has 0 spiro atoms. The van der Waals surface area contributed by atoms with Crippen LogP contribution in [0.1, 0.15) is 74.4 Å². The number of benzene rings is 2. The van der Waals surface area contributed by atoms with E-state index in [-0.39, 0.29) is 24.1 Å². The van der Waals surface area contributed by atoms with Gasteiger partial charge in [0.1, 0.15) is 11.9 Å². The molecule has 5 aliphatic rings. The molecule has 3 aromatic rings. The van der Waals surface area contributed by atoms with Gasteiger partial charge in [0.15, 0.2) is 11.5 Å². The molecule has 0 radical (unpaired) electrons. The van der Waals surface area contributed by atoms with E-state index in [1.165, 1.54) is 17.5 Å². The third-order valence-electron chi connectivity index (χ3n) is 10.4. The molecule has 3 saturated heterocycles. The van der Waals surface area contributed by atoms with Crippen molar-refractivity contribution in [1.29, 1.82) is 0 Å². The predicted molar refractivity (Wildman–Crippen MR) is 180 cm³/mol. The predicted octanol–water partition coefficient (Wildman–Crippen LogP) is 1.96. The smallest absolute Gasteiger partial charge is 0.271 e. The lowest BCUT2D eigenvalue weighted by atomic mass is 9.95. The summed E-state index contributed by atoms with van der Waals surface area (Å²) >= 11 is 0. The number of piperidine rings is 2. The first-order valence-electron chi connectivity index (χ1n) is 16.9. The van der Waals surface area contributed by atoms with Gasteiger partial charge < -0.3 is 20.9 Å². The van der Waals surface area contributed by atoms with E-state index in [1.54, 1.807) is 18.3 Å². The molecule has 1 atom stereocenters. The number of hydrogen-bond acceptors (Lipinski definition) is 11. The monoisotopic (exact) mass is 663 g/mol. The molecule has 0 unspecified atom stereocenters. The van der Waals surface area contributed by atoms with Crippen molar-refractivity contribution in [1.82, 2.24) is 25.1 Å². The Bertz CT molecular complexity index is 1900. The molecule has 6 heterocycles. The van der Waals surface area contributed by atoms with Gasteiger partial charge in [-0.2, -0.15) is 0 Å². The van der Waals surface area contributed by atoms with Crippen molar-refractivity contribution in [3.63, 3.8) is 0 Å². The Hall–Kier alpha value is -5.37. The lowest BCUT2D eigenvalue weighted by Gasteiger charge is -2.48. The summed E-state index contributed by atoms with van der Waals surface area (Å²) in [4.78, 5) is 79.4. The van der Waals surface area contributed by atoms with E-state index in [4.69, 9.17) is 10.7 Å². The van der Waals surface area contributed by atoms with Crippen LogP contribution >= 0.6 is 0 Å². The molecule has 49 heavy (non-hydrogen) atoms. The molecule has 1 aromatic heterocycles. The number of primary amides is 1. The zero-order chi connectivity index (χ0) is 33.8. The van der Waals surface area contributed by atoms with Crippen molar-refractivity contribution in [2.75, 3.05) is 47.8 Å². The molecule has 0 saturated carbocycles. The zero-order valence-electron chi connectivity index (χ0n) is 27.0. The van der Waals surface area contributed by atoms with Crippen molar-refractivity contribution in [2.24, 2.45) is 5.73 Å². The normalized spacial score (nSPS) is 21.3. The fourth-order valence-electron chi connectivity index (χ4n) is 7.58. The summed E-state index contributed by atoms with van der Waals surface area (Å²) in [6.07, 6.45) is 6.13. The topological polar surface area (TPSA) is 174 Å². The Kier molecular flexibility index (Phi) is 7.74. The number of hydrogen-bond donors (Lipinski definition) is 3. The SMILES string of the molecule is NC(=O)c1ncc(N2CCCCC2)nc1Nc1ccc2c(c1)CCN(C1CN(c3ccc4c(c3)C(=O)N([C@@H]3CCC(=O)NC3=O)C4=O)C1)C2. The number of nitrogens with zero attached hydrogens (tertiary/aromatic N) is 6. The summed E-state index contributed by atoms with van der Waals surface area (Å²) in [7, 11) is 0. The summed E-state index contributed by atoms with van der Waals surface area (Å²) in [6.45, 7) is 5.10. The Morgan fingerprint density at radius 1 is 0.878 bits per heavy atom. The number of nitrogens with two attached hydrogens (primary N) is 1. The molecule has 0 aliphatic carbocycles. The van der Waals surface area contributed by atoms with Crippen LogP contribution < -0.4 is 26.2 Å². The maximum absolute atomic E-state index is 13.3. The average Bonchev–Trinajstić information content (AvgIpc) is 3.32. The summed E-state index contributed by atoms with van der Waals surface area (Å²) in [5.74, 6) is -1.53. The fraction of sp³-hybridized carbons (Fsp3) is 0.400. The minimum absolute atomic E-state index is 0.0870. The van der Waals surface area contributed by atoms with E-state index in [0.717, 1.165) is 80.6 Å². The lowest BCUT2D eigenvalue weighted by molar-refractivity contribution is -0.136. The zero-order valence-corrected chi connectivity index (χ0v) is 27.0. The molecule has 3 fully saturated rings. The van der Waals surface area contributed by atoms with Gasteiger partial charge in [-0.25, -0.2) is 9.97 Å². The highest BCUT2D eigenvalue weighted by Crippen LogP contribution is 2.34. The Morgan fingerprint density at radius 3 is 2.45 bits per heavy atom. The summed E-state index contributed by atoms with van der Waals surface area (Å²) in [6, 6.07) is 10.8. The second-order valence-electron chi connectivity index (χ2n) is 13.4. The molecule has 2 aromatic carbocycles. The Morgan fingerprint density at radius 2 is 1.67 bits per heavy atom. The number of aromatic nitrogens is 2. The van der Waals surface area contributed by atoms with Gasteiger partial charge >= 0.3 is 0 Å². The van der Waals surface area contributed by atoms with Gasteiger partial charge in [0.05, 0.1) is 17.3 Å². The molecule has 8 rings (SSSR count). The molecular weight excluding hydrogens is 626 g/mol. The quantitative estimate of drug-likeness (QED) is 0.315. The summed E-state index contributed by atoms with van der Waals surface area (Å²) < 4.78 is 0. The summed E-state index contributed by atoms with van der Waals surface area (Å²) in [5.41, 5.74) is 10.5. The number of amides is 5. The third kappa shape index (κ3) is 5.65. The van der Waals surface area contributed by atoms with Crippen LogP contribution in [0.2, 0.25) is 0 Å². The number of nitrogens with one attached hydrogen (secondary N) is 2. The number of carbonyl (C=O) groups excluding carboxylic acids is 5. The van der Waals surface area contributed by atoms with E-state index in [1.807, 2.05) is 12.1 Å². The van der Waals surface area contributed by atoms with Crippen molar-refractivity contribution in [3.05, 3.63) is 70.5 Å². The standard InChI is InChI=1S/C35H37N9O5/c36-31(46)30-32(39-28(16-37-30)41-11-2-1-3-12-41)38-22-5-4-21-17-42(13-10-20(21)14-22)24-18-43(19-24)23-6-7-25-26(15-23)35(49)44(34(25)48)27-8-9-29(45)40-33(27)47/h4-7,14-16,24,27H,1-3,8-13,17-19H2,(H2,36,46)(H,38,39)(H,40,45,47)/t27-/m1/s1. The van der Waals surface area contributed by atoms with Crippen LogP contribution in [0, 0.1) is 0 Å². The number of rotatable bonds is 7. The van der Waals surface area contributed by atoms with E-state index in [9.17, 15) is 24.0 Å². The number of anilines is 4. The largest absolute Gasteiger partial charge is 0.368 e. The van der Waals surface area contributed by atoms with Crippen molar-refractivity contribution >= 4 is 52.5 Å². The number of carbonyl (C=O) groups is 5. The molecule has 5 aliphatic heterocycles. The van der Waals surface area contributed by atoms with E-state index in [0.29, 0.717) is 17.4 Å². The second kappa shape index (κ2) is 12.3. The average molecular weight is 664 g/mol. The highest BCUT2D eigenvalue weighted by molar-refractivity contribution is 6.23. The van der Waals surface area contributed by atoms with Crippen LogP contribution in [-0.2, 0) is 22.6 Å². The number of fused-ring (bicyclic) bond motifs is 2. The summed E-state index contributed by atoms with van der Waals surface area (Å²) in [5, 5.41) is 5.54. The van der Waals surface area contributed by atoms with Crippen LogP contribution in [0.25, 0.3) is 0 Å². The van der Waals surface area contributed by atoms with E-state index >= 15 is 0 Å². The minimum Gasteiger partial charge on any atom is -0.368 e. The third-order valence-corrected chi connectivity index (χ3v) is 10.4. The molecule has 0 bridgehead atoms. The van der Waals surface area contributed by atoms with Crippen LogP contribution in [0.3, 0.4) is 0 Å². The molecule has 14 nitrogen and oxygen atoms in total. The molecule has 252 valence electrons. The van der Waals surface area contributed by atoms with Crippen molar-refractivity contribution in [3.8, 4) is 0 Å². The lowest BCUT2D eigenvalue weighted by Crippen LogP contribution is -2.60. The Labute approximate surface area is 282 Å². The molecular formula is C35H37N9O5. The van der Waals surface area contributed by atoms with Gasteiger partial charge in [-0.3, -0.25) is 39.1 Å². The highest BCUT2D eigenvalue weighted by atomic mass is 16.2. The maximum atomic E-state index is 13.3. The van der Waals surface area contributed by atoms with Gasteiger partial charge in [-0.1, -0.05) is 6.07 Å². The molecule has 5 amide bonds. The van der Waals surface area contributed by atoms with Crippen LogP contribution in [0.5, 0.6) is 0 Å². The van der Waals surface area contributed by atoms with Crippen LogP contribution in [0.15, 0.2) is 42.6 Å². The van der Waals surface area contributed by atoms with Crippen LogP contribution in [-0.4, -0.2) is 94.1 Å². The highest BCUT2D eigenvalue weighted by Gasteiger charge is 2.45. The second-order valence-corrected chi connectivity index (χ2v) is 13.4. The van der Waals surface area contributed by atoms with Gasteiger partial charge in [0, 0.05) is 63.1 Å². The molecule has 14 heteroatoms. The van der Waals surface area contributed by atoms with Crippen molar-refractivity contribution < 1.29 is 24.0 Å². The van der Waals surface area contributed by atoms with Gasteiger partial charge in [0.2, 0.25) is 11.8 Å². The first-order chi connectivity index (χ1) is 23.7. The Balaban J connectivity index is 0.907. The van der Waals surface area contributed by atoms with Gasteiger partial charge in [-0.05, 0) is 73.6 Å². The first kappa shape index (κ1) is 30.9. The number of imide groups is 2. The van der Waals surface area contributed by atoms with Crippen molar-refractivity contribution in [2.45, 2.75) is 57.2 Å². The van der Waals surface area contributed by atoms with E-state index < -0.39 is 35.6 Å². The molecule has 4 N–H and O–H groups in total. The van der Waals surface area contributed by atoms with Gasteiger partial charge in [-0.15, -0.1) is 0 Å². The minimum atomic E-state index is -0.979. The fourth-order valence-corrected chi connectivity index (χ4v) is 7.58. The van der Waals surface area contributed by atoms with Gasteiger partial charge in [0.25, 0.3) is 17.7 Å². The maximum Gasteiger partial charge on any atom is 0.271 e. The van der Waals surface area contributed by atoms with E-state index in [2.05, 4.69) is 42.5 Å².